The summed E-state index contributed by atoms with van der Waals surface area (Å²) in [6.07, 6.45) is 2.17. The van der Waals surface area contributed by atoms with E-state index in [1.54, 1.807) is 0 Å². The Bertz CT molecular complexity index is 1090. The average molecular weight is 479 g/mol. The van der Waals surface area contributed by atoms with Crippen LogP contribution < -0.4 is 10.6 Å². The van der Waals surface area contributed by atoms with Crippen molar-refractivity contribution < 1.29 is 29.0 Å². The van der Waals surface area contributed by atoms with Gasteiger partial charge < -0.3 is 25.2 Å². The first kappa shape index (κ1) is 23.4. The summed E-state index contributed by atoms with van der Waals surface area (Å²) in [4.78, 5) is 37.3. The Morgan fingerprint density at radius 1 is 1.00 bits per heavy atom. The molecule has 1 saturated heterocycles. The van der Waals surface area contributed by atoms with Crippen molar-refractivity contribution in [2.75, 3.05) is 26.4 Å². The predicted molar refractivity (Wildman–Crippen MR) is 128 cm³/mol. The standard InChI is InChI=1S/C27H30N2O6/c30-23(31)14-26(10-5-11-26)16-28-24(32)27(12-13-34-17-27)29-25(33)35-15-22-20-8-3-1-6-18(20)19-7-2-4-9-21(19)22/h1-4,6-9,22H,5,10-17H2,(H,28,32)(H,29,33)(H,30,31). The van der Waals surface area contributed by atoms with Crippen molar-refractivity contribution in [1.82, 2.24) is 10.6 Å². The minimum atomic E-state index is -1.23. The SMILES string of the molecule is O=C(O)CC1(CNC(=O)C2(NC(=O)OCC3c4ccccc4-c4ccccc43)CCOC2)CCC1. The minimum Gasteiger partial charge on any atom is -0.481 e. The maximum Gasteiger partial charge on any atom is 0.408 e. The number of rotatable bonds is 8. The number of carbonyl (C=O) groups is 3. The molecule has 1 heterocycles. The topological polar surface area (TPSA) is 114 Å². The molecule has 1 saturated carbocycles. The monoisotopic (exact) mass is 478 g/mol. The van der Waals surface area contributed by atoms with Gasteiger partial charge in [0.25, 0.3) is 0 Å². The number of hydrogen-bond donors (Lipinski definition) is 3. The molecule has 2 aliphatic carbocycles. The molecule has 0 spiro atoms. The number of hydrogen-bond acceptors (Lipinski definition) is 5. The van der Waals surface area contributed by atoms with Crippen molar-refractivity contribution in [3.05, 3.63) is 59.7 Å². The van der Waals surface area contributed by atoms with Gasteiger partial charge in [-0.3, -0.25) is 9.59 Å². The van der Waals surface area contributed by atoms with Gasteiger partial charge >= 0.3 is 12.1 Å². The highest BCUT2D eigenvalue weighted by atomic mass is 16.6. The molecular weight excluding hydrogens is 448 g/mol. The van der Waals surface area contributed by atoms with Gasteiger partial charge in [-0.05, 0) is 40.5 Å². The molecule has 3 N–H and O–H groups in total. The van der Waals surface area contributed by atoms with Crippen LogP contribution in [0.2, 0.25) is 0 Å². The lowest BCUT2D eigenvalue weighted by Crippen LogP contribution is -2.61. The molecule has 1 aliphatic heterocycles. The zero-order valence-corrected chi connectivity index (χ0v) is 19.5. The quantitative estimate of drug-likeness (QED) is 0.536. The van der Waals surface area contributed by atoms with E-state index in [-0.39, 0.29) is 38.0 Å². The number of aliphatic carboxylic acids is 1. The molecule has 2 amide bonds. The maximum absolute atomic E-state index is 13.2. The van der Waals surface area contributed by atoms with E-state index < -0.39 is 23.0 Å². The average Bonchev–Trinajstić information content (AvgIpc) is 3.42. The molecule has 2 fully saturated rings. The highest BCUT2D eigenvalue weighted by Crippen LogP contribution is 2.45. The predicted octanol–water partition coefficient (Wildman–Crippen LogP) is 3.45. The fourth-order valence-corrected chi connectivity index (χ4v) is 5.58. The van der Waals surface area contributed by atoms with Gasteiger partial charge in [0.1, 0.15) is 12.1 Å². The second-order valence-electron chi connectivity index (χ2n) is 9.94. The van der Waals surface area contributed by atoms with Crippen LogP contribution in [0.1, 0.15) is 49.1 Å². The first-order valence-electron chi connectivity index (χ1n) is 12.1. The van der Waals surface area contributed by atoms with Crippen molar-refractivity contribution in [3.63, 3.8) is 0 Å². The molecule has 0 aromatic heterocycles. The van der Waals surface area contributed by atoms with E-state index in [0.29, 0.717) is 13.0 Å². The van der Waals surface area contributed by atoms with Gasteiger partial charge in [-0.2, -0.15) is 0 Å². The molecule has 8 nitrogen and oxygen atoms in total. The number of fused-ring (bicyclic) bond motifs is 3. The Morgan fingerprint density at radius 2 is 1.66 bits per heavy atom. The molecule has 0 bridgehead atoms. The first-order valence-corrected chi connectivity index (χ1v) is 12.1. The van der Waals surface area contributed by atoms with Gasteiger partial charge in [-0.1, -0.05) is 55.0 Å². The molecule has 8 heteroatoms. The van der Waals surface area contributed by atoms with E-state index in [1.807, 2.05) is 24.3 Å². The van der Waals surface area contributed by atoms with E-state index in [0.717, 1.165) is 41.5 Å². The van der Waals surface area contributed by atoms with Crippen LogP contribution in [0.15, 0.2) is 48.5 Å². The summed E-state index contributed by atoms with van der Waals surface area (Å²) in [5, 5.41) is 14.9. The van der Waals surface area contributed by atoms with Crippen LogP contribution in [0.3, 0.4) is 0 Å². The smallest absolute Gasteiger partial charge is 0.408 e. The normalized spacial score (nSPS) is 21.9. The summed E-state index contributed by atoms with van der Waals surface area (Å²) in [6, 6.07) is 16.2. The fourth-order valence-electron chi connectivity index (χ4n) is 5.58. The van der Waals surface area contributed by atoms with Crippen LogP contribution in [0.25, 0.3) is 11.1 Å². The number of alkyl carbamates (subject to hydrolysis) is 1. The van der Waals surface area contributed by atoms with Gasteiger partial charge in [0, 0.05) is 25.5 Å². The molecule has 0 radical (unpaired) electrons. The van der Waals surface area contributed by atoms with E-state index in [4.69, 9.17) is 9.47 Å². The molecule has 3 aliphatic rings. The van der Waals surface area contributed by atoms with Gasteiger partial charge in [0.15, 0.2) is 0 Å². The molecule has 5 rings (SSSR count). The lowest BCUT2D eigenvalue weighted by atomic mass is 9.66. The van der Waals surface area contributed by atoms with E-state index in [9.17, 15) is 19.5 Å². The number of nitrogens with one attached hydrogen (secondary N) is 2. The Hall–Kier alpha value is -3.39. The number of carbonyl (C=O) groups excluding carboxylic acids is 2. The molecule has 184 valence electrons. The number of ether oxygens (including phenoxy) is 2. The summed E-state index contributed by atoms with van der Waals surface area (Å²) < 4.78 is 11.1. The van der Waals surface area contributed by atoms with Crippen molar-refractivity contribution in [2.24, 2.45) is 5.41 Å². The Balaban J connectivity index is 1.23. The van der Waals surface area contributed by atoms with Crippen LogP contribution in [0.5, 0.6) is 0 Å². The molecule has 2 aromatic rings. The van der Waals surface area contributed by atoms with Crippen molar-refractivity contribution in [1.29, 1.82) is 0 Å². The number of benzene rings is 2. The summed E-state index contributed by atoms with van der Waals surface area (Å²) in [5.41, 5.74) is 2.87. The van der Waals surface area contributed by atoms with Gasteiger partial charge in [0.2, 0.25) is 5.91 Å². The van der Waals surface area contributed by atoms with Gasteiger partial charge in [0.05, 0.1) is 13.0 Å². The lowest BCUT2D eigenvalue weighted by molar-refractivity contribution is -0.142. The number of amides is 2. The Labute approximate surface area is 204 Å². The second kappa shape index (κ2) is 9.34. The molecule has 1 atom stereocenters. The van der Waals surface area contributed by atoms with Crippen molar-refractivity contribution in [2.45, 2.75) is 43.6 Å². The van der Waals surface area contributed by atoms with E-state index >= 15 is 0 Å². The van der Waals surface area contributed by atoms with Gasteiger partial charge in [-0.15, -0.1) is 0 Å². The zero-order chi connectivity index (χ0) is 24.5. The summed E-state index contributed by atoms with van der Waals surface area (Å²) in [7, 11) is 0. The molecule has 2 aromatic carbocycles. The van der Waals surface area contributed by atoms with E-state index in [2.05, 4.69) is 34.9 Å². The van der Waals surface area contributed by atoms with Gasteiger partial charge in [-0.25, -0.2) is 4.79 Å². The van der Waals surface area contributed by atoms with E-state index in [1.165, 1.54) is 0 Å². The third kappa shape index (κ3) is 4.50. The molecule has 1 unspecified atom stereocenters. The summed E-state index contributed by atoms with van der Waals surface area (Å²) in [5.74, 6) is -1.30. The highest BCUT2D eigenvalue weighted by Gasteiger charge is 2.46. The minimum absolute atomic E-state index is 0.0244. The van der Waals surface area contributed by atoms with Crippen LogP contribution in [0, 0.1) is 5.41 Å². The van der Waals surface area contributed by atoms with Crippen LogP contribution >= 0.6 is 0 Å². The first-order chi connectivity index (χ1) is 16.9. The zero-order valence-electron chi connectivity index (χ0n) is 19.5. The molecule has 35 heavy (non-hydrogen) atoms. The lowest BCUT2D eigenvalue weighted by Gasteiger charge is -2.41. The Morgan fingerprint density at radius 3 is 2.20 bits per heavy atom. The summed E-state index contributed by atoms with van der Waals surface area (Å²) in [6.45, 7) is 0.818. The highest BCUT2D eigenvalue weighted by molar-refractivity contribution is 5.90. The maximum atomic E-state index is 13.2. The third-order valence-corrected chi connectivity index (χ3v) is 7.71. The second-order valence-corrected chi connectivity index (χ2v) is 9.94. The van der Waals surface area contributed by atoms with Crippen molar-refractivity contribution >= 4 is 18.0 Å². The van der Waals surface area contributed by atoms with Crippen LogP contribution in [-0.2, 0) is 19.1 Å². The largest absolute Gasteiger partial charge is 0.481 e. The molecular formula is C27H30N2O6. The third-order valence-electron chi connectivity index (χ3n) is 7.71. The number of carboxylic acids is 1. The van der Waals surface area contributed by atoms with Crippen LogP contribution in [-0.4, -0.2) is 55.0 Å². The number of carboxylic acid groups (broad SMARTS) is 1. The summed E-state index contributed by atoms with van der Waals surface area (Å²) >= 11 is 0. The van der Waals surface area contributed by atoms with Crippen LogP contribution in [0.4, 0.5) is 4.79 Å². The fraction of sp³-hybridized carbons (Fsp3) is 0.444. The van der Waals surface area contributed by atoms with Crippen molar-refractivity contribution in [3.8, 4) is 11.1 Å². The Kier molecular flexibility index (Phi) is 6.23.